The van der Waals surface area contributed by atoms with Gasteiger partial charge in [-0.25, -0.2) is 25.3 Å². The number of ether oxygens (including phenoxy) is 4. The SMILES string of the molecule is CCCC[C@]1(CC)CS(=O)(=O)c2cc(O)ccc2[C@@H](c2ccccc2)[C@H]1O.CCCC[C@]1(CC)CS(=O)(=O)c2cc(OCCOCCOCCOc3ccc4c(c3)S(=O)(=O)C[C@H](C)[C@H](O)[C@@H]4c3ccccc3)ccc2[C@@H](c2ccccc2)[C@H]1O. The van der Waals surface area contributed by atoms with Crippen molar-refractivity contribution in [2.45, 2.75) is 137 Å². The lowest BCUT2D eigenvalue weighted by Gasteiger charge is -2.39. The van der Waals surface area contributed by atoms with Crippen molar-refractivity contribution >= 4 is 29.5 Å². The average molecular weight is 1210 g/mol. The highest BCUT2D eigenvalue weighted by Crippen LogP contribution is 2.51. The normalized spacial score (nSPS) is 25.6. The molecule has 4 N–H and O–H groups in total. The van der Waals surface area contributed by atoms with Gasteiger partial charge in [0.1, 0.15) is 30.5 Å². The maximum Gasteiger partial charge on any atom is 0.179 e. The largest absolute Gasteiger partial charge is 0.508 e. The van der Waals surface area contributed by atoms with Gasteiger partial charge in [0.15, 0.2) is 29.5 Å². The number of fused-ring (bicyclic) bond motifs is 3. The topological polar surface area (TPSA) is 220 Å². The predicted octanol–water partition coefficient (Wildman–Crippen LogP) is 11.2. The molecule has 9 rings (SSSR count). The zero-order valence-corrected chi connectivity index (χ0v) is 51.5. The highest BCUT2D eigenvalue weighted by Gasteiger charge is 2.51. The minimum atomic E-state index is -3.75. The van der Waals surface area contributed by atoms with E-state index in [0.717, 1.165) is 42.4 Å². The molecule has 14 nitrogen and oxygen atoms in total. The minimum Gasteiger partial charge on any atom is -0.508 e. The predicted molar refractivity (Wildman–Crippen MR) is 326 cm³/mol. The summed E-state index contributed by atoms with van der Waals surface area (Å²) in [5.41, 5.74) is 2.85. The second-order valence-electron chi connectivity index (χ2n) is 23.0. The van der Waals surface area contributed by atoms with Gasteiger partial charge in [-0.05, 0) is 101 Å². The van der Waals surface area contributed by atoms with Crippen molar-refractivity contribution in [3.8, 4) is 17.2 Å². The number of benzene rings is 6. The lowest BCUT2D eigenvalue weighted by molar-refractivity contribution is 0.0173. The van der Waals surface area contributed by atoms with Crippen LogP contribution in [0.2, 0.25) is 0 Å². The van der Waals surface area contributed by atoms with Crippen LogP contribution in [0, 0.1) is 16.7 Å². The van der Waals surface area contributed by atoms with Gasteiger partial charge in [-0.15, -0.1) is 0 Å². The molecule has 0 aliphatic carbocycles. The molecule has 0 saturated heterocycles. The summed E-state index contributed by atoms with van der Waals surface area (Å²) in [4.78, 5) is 0.521. The maximum atomic E-state index is 14.0. The molecular formula is C67H84O14S3. The fourth-order valence-corrected chi connectivity index (χ4v) is 19.3. The summed E-state index contributed by atoms with van der Waals surface area (Å²) in [6.45, 7) is 11.4. The highest BCUT2D eigenvalue weighted by atomic mass is 32.2. The summed E-state index contributed by atoms with van der Waals surface area (Å²) < 4.78 is 105. The molecule has 454 valence electrons. The third kappa shape index (κ3) is 14.4. The van der Waals surface area contributed by atoms with E-state index < -0.39 is 82.3 Å². The Labute approximate surface area is 498 Å². The molecule has 0 aromatic heterocycles. The van der Waals surface area contributed by atoms with E-state index >= 15 is 0 Å². The average Bonchev–Trinajstić information content (AvgIpc) is 2.38. The molecule has 0 spiro atoms. The number of unbranched alkanes of at least 4 members (excludes halogenated alkanes) is 2. The summed E-state index contributed by atoms with van der Waals surface area (Å²) in [7, 11) is -11.1. The lowest BCUT2D eigenvalue weighted by Crippen LogP contribution is -2.42. The van der Waals surface area contributed by atoms with E-state index in [-0.39, 0.29) is 64.1 Å². The molecule has 6 aromatic carbocycles. The van der Waals surface area contributed by atoms with E-state index in [1.807, 2.05) is 105 Å². The van der Waals surface area contributed by atoms with Crippen LogP contribution < -0.4 is 9.47 Å². The Morgan fingerprint density at radius 2 is 0.833 bits per heavy atom. The van der Waals surface area contributed by atoms with Crippen molar-refractivity contribution in [2.24, 2.45) is 16.7 Å². The number of rotatable bonds is 22. The summed E-state index contributed by atoms with van der Waals surface area (Å²) in [6, 6.07) is 43.3. The quantitative estimate of drug-likeness (QED) is 0.0465. The van der Waals surface area contributed by atoms with Crippen LogP contribution in [0.25, 0.3) is 0 Å². The first-order valence-electron chi connectivity index (χ1n) is 29.6. The molecule has 0 amide bonds. The molecule has 3 heterocycles. The maximum absolute atomic E-state index is 14.0. The van der Waals surface area contributed by atoms with Crippen LogP contribution in [-0.4, -0.2) is 121 Å². The smallest absolute Gasteiger partial charge is 0.179 e. The number of phenolic OH excluding ortho intramolecular Hbond substituents is 1. The summed E-state index contributed by atoms with van der Waals surface area (Å²) in [6.07, 6.45) is 3.40. The number of phenols is 1. The first-order chi connectivity index (χ1) is 40.2. The number of hydrogen-bond acceptors (Lipinski definition) is 14. The Morgan fingerprint density at radius 3 is 1.25 bits per heavy atom. The van der Waals surface area contributed by atoms with E-state index in [4.69, 9.17) is 18.9 Å². The van der Waals surface area contributed by atoms with Crippen LogP contribution in [0.4, 0.5) is 0 Å². The van der Waals surface area contributed by atoms with Crippen molar-refractivity contribution in [3.63, 3.8) is 0 Å². The highest BCUT2D eigenvalue weighted by molar-refractivity contribution is 7.92. The van der Waals surface area contributed by atoms with E-state index in [0.29, 0.717) is 67.1 Å². The molecule has 0 saturated carbocycles. The molecule has 6 aromatic rings. The first kappa shape index (κ1) is 64.4. The van der Waals surface area contributed by atoms with Gasteiger partial charge in [-0.2, -0.15) is 0 Å². The monoisotopic (exact) mass is 1210 g/mol. The van der Waals surface area contributed by atoms with Crippen LogP contribution in [0.5, 0.6) is 17.2 Å². The molecule has 9 atom stereocenters. The van der Waals surface area contributed by atoms with Crippen molar-refractivity contribution < 1.29 is 64.6 Å². The van der Waals surface area contributed by atoms with Crippen molar-refractivity contribution in [3.05, 3.63) is 179 Å². The fraction of sp³-hybridized carbons (Fsp3) is 0.463. The molecule has 0 bridgehead atoms. The van der Waals surface area contributed by atoms with Gasteiger partial charge in [0.2, 0.25) is 0 Å². The van der Waals surface area contributed by atoms with Gasteiger partial charge in [0.05, 0.1) is 76.7 Å². The Balaban J connectivity index is 0.000000284. The zero-order valence-electron chi connectivity index (χ0n) is 49.0. The Kier molecular flexibility index (Phi) is 21.7. The Hall–Kier alpha value is -5.63. The van der Waals surface area contributed by atoms with Crippen LogP contribution >= 0.6 is 0 Å². The Bertz CT molecular complexity index is 3450. The first-order valence-corrected chi connectivity index (χ1v) is 34.6. The van der Waals surface area contributed by atoms with Crippen LogP contribution in [0.1, 0.15) is 137 Å². The van der Waals surface area contributed by atoms with Crippen molar-refractivity contribution in [1.82, 2.24) is 0 Å². The van der Waals surface area contributed by atoms with Crippen molar-refractivity contribution in [1.29, 1.82) is 0 Å². The number of sulfone groups is 3. The van der Waals surface area contributed by atoms with Gasteiger partial charge in [-0.3, -0.25) is 0 Å². The summed E-state index contributed by atoms with van der Waals surface area (Å²) in [5, 5.41) is 44.7. The number of aliphatic hydroxyl groups is 3. The standard InChI is InChI=1S/C45H56O10S2.C22H28O4S/c1-4-6-21-45(5-2)31-57(50,51)40-29-36(18-20-38(40)42(44(45)47)34-15-11-8-12-16-34)55-27-25-53-23-22-52-24-26-54-35-17-19-37-39(28-35)56(48,49)30-32(3)43(46)41(37)33-13-9-7-10-14-33;1-3-5-13-22(4-2)15-27(25,26)19-14-17(23)11-12-18(19)20(21(22)24)16-9-7-6-8-10-16/h7-20,28-29,32,41-44,46-47H,4-6,21-27,30-31H2,1-3H3;6-12,14,20-21,23-24H,3-5,13,15H2,1-2H3/t32-,41+,42+,43-,44+,45+;20-,21-,22-/m01/s1. The van der Waals surface area contributed by atoms with Crippen molar-refractivity contribution in [2.75, 3.05) is 56.9 Å². The molecule has 0 unspecified atom stereocenters. The molecule has 17 heteroatoms. The summed E-state index contributed by atoms with van der Waals surface area (Å²) >= 11 is 0. The summed E-state index contributed by atoms with van der Waals surface area (Å²) in [5.74, 6) is -1.50. The fourth-order valence-electron chi connectivity index (χ4n) is 12.8. The molecule has 3 aliphatic rings. The van der Waals surface area contributed by atoms with Gasteiger partial charge in [-0.1, -0.05) is 169 Å². The molecular weight excluding hydrogens is 1120 g/mol. The van der Waals surface area contributed by atoms with Crippen LogP contribution in [0.15, 0.2) is 160 Å². The van der Waals surface area contributed by atoms with Crippen LogP contribution in [0.3, 0.4) is 0 Å². The van der Waals surface area contributed by atoms with Gasteiger partial charge >= 0.3 is 0 Å². The van der Waals surface area contributed by atoms with E-state index in [1.165, 1.54) is 12.1 Å². The second kappa shape index (κ2) is 28.3. The van der Waals surface area contributed by atoms with E-state index in [2.05, 4.69) is 13.8 Å². The van der Waals surface area contributed by atoms with Gasteiger partial charge in [0.25, 0.3) is 0 Å². The zero-order chi connectivity index (χ0) is 60.3. The van der Waals surface area contributed by atoms with Gasteiger partial charge < -0.3 is 39.4 Å². The van der Waals surface area contributed by atoms with E-state index in [1.54, 1.807) is 49.4 Å². The number of aliphatic hydroxyl groups excluding tert-OH is 3. The van der Waals surface area contributed by atoms with E-state index in [9.17, 15) is 45.7 Å². The van der Waals surface area contributed by atoms with Gasteiger partial charge in [0, 0.05) is 28.6 Å². The third-order valence-electron chi connectivity index (χ3n) is 17.5. The Morgan fingerprint density at radius 1 is 0.464 bits per heavy atom. The number of hydrogen-bond donors (Lipinski definition) is 4. The molecule has 3 aliphatic heterocycles. The van der Waals surface area contributed by atoms with Crippen LogP contribution in [-0.2, 0) is 39.0 Å². The minimum absolute atomic E-state index is 0.0730. The molecule has 0 fully saturated rings. The number of aromatic hydroxyl groups is 1. The molecule has 0 radical (unpaired) electrons. The molecule has 84 heavy (non-hydrogen) atoms. The second-order valence-corrected chi connectivity index (χ2v) is 28.9. The third-order valence-corrected chi connectivity index (χ3v) is 23.5. The lowest BCUT2D eigenvalue weighted by atomic mass is 9.69.